The second-order valence-corrected chi connectivity index (χ2v) is 5.53. The molecule has 0 aliphatic carbocycles. The highest BCUT2D eigenvalue weighted by Crippen LogP contribution is 2.24. The number of fused-ring (bicyclic) bond motifs is 1. The van der Waals surface area contributed by atoms with Crippen molar-refractivity contribution in [1.82, 2.24) is 0 Å². The maximum atomic E-state index is 12.1. The Kier molecular flexibility index (Phi) is 3.32. The second-order valence-electron chi connectivity index (χ2n) is 4.61. The first-order valence-electron chi connectivity index (χ1n) is 6.19. The fraction of sp³-hybridized carbons (Fsp3) is 0.0625. The number of furan rings is 1. The van der Waals surface area contributed by atoms with Gasteiger partial charge >= 0.3 is 0 Å². The summed E-state index contributed by atoms with van der Waals surface area (Å²) in [5.41, 5.74) is 2.60. The number of carbonyl (C=O) groups excluding carboxylic acids is 1. The molecule has 3 aromatic rings. The Morgan fingerprint density at radius 1 is 1.10 bits per heavy atom. The lowest BCUT2D eigenvalue weighted by Gasteiger charge is -2.02. The minimum atomic E-state index is -0.249. The van der Waals surface area contributed by atoms with Crippen LogP contribution in [0.3, 0.4) is 0 Å². The maximum Gasteiger partial charge on any atom is 0.291 e. The Bertz CT molecular complexity index is 775. The normalized spacial score (nSPS) is 10.7. The van der Waals surface area contributed by atoms with Crippen LogP contribution in [-0.4, -0.2) is 5.91 Å². The van der Waals surface area contributed by atoms with Crippen LogP contribution in [0.4, 0.5) is 5.69 Å². The zero-order valence-corrected chi connectivity index (χ0v) is 12.4. The Morgan fingerprint density at radius 3 is 2.60 bits per heavy atom. The summed E-state index contributed by atoms with van der Waals surface area (Å²) in [5.74, 6) is 0.0554. The van der Waals surface area contributed by atoms with Crippen molar-refractivity contribution in [2.45, 2.75) is 6.92 Å². The molecule has 0 unspecified atom stereocenters. The summed E-state index contributed by atoms with van der Waals surface area (Å²) in [4.78, 5) is 12.1. The van der Waals surface area contributed by atoms with Gasteiger partial charge in [0.15, 0.2) is 5.76 Å². The fourth-order valence-corrected chi connectivity index (χ4v) is 2.33. The highest BCUT2D eigenvalue weighted by atomic mass is 79.9. The quantitative estimate of drug-likeness (QED) is 0.736. The third kappa shape index (κ3) is 2.60. The van der Waals surface area contributed by atoms with Gasteiger partial charge in [-0.15, -0.1) is 0 Å². The minimum absolute atomic E-state index is 0.249. The monoisotopic (exact) mass is 329 g/mol. The van der Waals surface area contributed by atoms with Gasteiger partial charge in [-0.1, -0.05) is 33.6 Å². The van der Waals surface area contributed by atoms with Crippen molar-refractivity contribution in [3.63, 3.8) is 0 Å². The molecule has 1 amide bonds. The van der Waals surface area contributed by atoms with Gasteiger partial charge in [-0.3, -0.25) is 4.79 Å². The zero-order chi connectivity index (χ0) is 14.1. The summed E-state index contributed by atoms with van der Waals surface area (Å²) in [5, 5.41) is 3.71. The van der Waals surface area contributed by atoms with Crippen molar-refractivity contribution in [2.24, 2.45) is 0 Å². The predicted molar refractivity (Wildman–Crippen MR) is 83.0 cm³/mol. The summed E-state index contributed by atoms with van der Waals surface area (Å²) in [6.45, 7) is 2.00. The van der Waals surface area contributed by atoms with Crippen molar-refractivity contribution < 1.29 is 9.21 Å². The van der Waals surface area contributed by atoms with E-state index in [1.807, 2.05) is 49.4 Å². The molecule has 0 bridgehead atoms. The van der Waals surface area contributed by atoms with Gasteiger partial charge in [0.1, 0.15) is 5.58 Å². The number of carbonyl (C=O) groups is 1. The van der Waals surface area contributed by atoms with Crippen molar-refractivity contribution in [3.05, 3.63) is 64.3 Å². The standard InChI is InChI=1S/C16H12BrNO2/c1-10-2-5-13(6-3-10)18-16(19)15-9-11-8-12(17)4-7-14(11)20-15/h2-9H,1H3,(H,18,19). The van der Waals surface area contributed by atoms with Crippen LogP contribution in [0.25, 0.3) is 11.0 Å². The molecule has 0 spiro atoms. The van der Waals surface area contributed by atoms with E-state index in [1.54, 1.807) is 6.07 Å². The number of amides is 1. The topological polar surface area (TPSA) is 42.2 Å². The number of aryl methyl sites for hydroxylation is 1. The molecular formula is C16H12BrNO2. The summed E-state index contributed by atoms with van der Waals surface area (Å²) in [6.07, 6.45) is 0. The fourth-order valence-electron chi connectivity index (χ4n) is 1.96. The van der Waals surface area contributed by atoms with Crippen molar-refractivity contribution in [3.8, 4) is 0 Å². The van der Waals surface area contributed by atoms with Crippen molar-refractivity contribution >= 4 is 38.5 Å². The number of halogens is 1. The first-order chi connectivity index (χ1) is 9.61. The lowest BCUT2D eigenvalue weighted by Crippen LogP contribution is -2.10. The maximum absolute atomic E-state index is 12.1. The van der Waals surface area contributed by atoms with Gasteiger partial charge in [-0.25, -0.2) is 0 Å². The summed E-state index contributed by atoms with van der Waals surface area (Å²) < 4.78 is 6.50. The van der Waals surface area contributed by atoms with E-state index >= 15 is 0 Å². The van der Waals surface area contributed by atoms with Crippen LogP contribution in [0.5, 0.6) is 0 Å². The van der Waals surface area contributed by atoms with Crippen LogP contribution in [0, 0.1) is 6.92 Å². The first-order valence-corrected chi connectivity index (χ1v) is 6.98. The van der Waals surface area contributed by atoms with E-state index < -0.39 is 0 Å². The summed E-state index contributed by atoms with van der Waals surface area (Å²) in [7, 11) is 0. The molecule has 0 atom stereocenters. The van der Waals surface area contributed by atoms with Gasteiger partial charge in [0.2, 0.25) is 0 Å². The molecule has 1 heterocycles. The molecule has 0 saturated heterocycles. The molecule has 1 N–H and O–H groups in total. The lowest BCUT2D eigenvalue weighted by molar-refractivity contribution is 0.0998. The highest BCUT2D eigenvalue weighted by Gasteiger charge is 2.12. The van der Waals surface area contributed by atoms with Gasteiger partial charge in [0, 0.05) is 15.5 Å². The molecule has 0 fully saturated rings. The molecule has 0 saturated carbocycles. The van der Waals surface area contributed by atoms with E-state index in [4.69, 9.17) is 4.42 Å². The number of hydrogen-bond donors (Lipinski definition) is 1. The van der Waals surface area contributed by atoms with Gasteiger partial charge in [-0.2, -0.15) is 0 Å². The van der Waals surface area contributed by atoms with E-state index in [-0.39, 0.29) is 5.91 Å². The van der Waals surface area contributed by atoms with Gasteiger partial charge in [0.25, 0.3) is 5.91 Å². The molecule has 3 nitrogen and oxygen atoms in total. The number of rotatable bonds is 2. The number of anilines is 1. The van der Waals surface area contributed by atoms with Crippen molar-refractivity contribution in [2.75, 3.05) is 5.32 Å². The van der Waals surface area contributed by atoms with Crippen LogP contribution >= 0.6 is 15.9 Å². The van der Waals surface area contributed by atoms with E-state index in [1.165, 1.54) is 0 Å². The molecule has 3 rings (SSSR count). The van der Waals surface area contributed by atoms with Gasteiger partial charge < -0.3 is 9.73 Å². The number of hydrogen-bond acceptors (Lipinski definition) is 2. The molecule has 100 valence electrons. The van der Waals surface area contributed by atoms with E-state index in [9.17, 15) is 4.79 Å². The van der Waals surface area contributed by atoms with Crippen LogP contribution in [0.15, 0.2) is 57.4 Å². The highest BCUT2D eigenvalue weighted by molar-refractivity contribution is 9.10. The number of benzene rings is 2. The second kappa shape index (κ2) is 5.13. The van der Waals surface area contributed by atoms with E-state index in [0.29, 0.717) is 11.3 Å². The third-order valence-corrected chi connectivity index (χ3v) is 3.50. The van der Waals surface area contributed by atoms with Gasteiger partial charge in [0.05, 0.1) is 0 Å². The summed E-state index contributed by atoms with van der Waals surface area (Å²) >= 11 is 3.40. The molecular weight excluding hydrogens is 318 g/mol. The van der Waals surface area contributed by atoms with Crippen LogP contribution in [-0.2, 0) is 0 Å². The number of nitrogens with one attached hydrogen (secondary N) is 1. The molecule has 2 aromatic carbocycles. The zero-order valence-electron chi connectivity index (χ0n) is 10.8. The van der Waals surface area contributed by atoms with Gasteiger partial charge in [-0.05, 0) is 43.3 Å². The molecule has 0 radical (unpaired) electrons. The van der Waals surface area contributed by atoms with E-state index in [2.05, 4.69) is 21.2 Å². The molecule has 20 heavy (non-hydrogen) atoms. The average Bonchev–Trinajstić information content (AvgIpc) is 2.84. The molecule has 0 aliphatic rings. The lowest BCUT2D eigenvalue weighted by atomic mass is 10.2. The minimum Gasteiger partial charge on any atom is -0.451 e. The third-order valence-electron chi connectivity index (χ3n) is 3.01. The van der Waals surface area contributed by atoms with Crippen LogP contribution in [0.2, 0.25) is 0 Å². The largest absolute Gasteiger partial charge is 0.451 e. The van der Waals surface area contributed by atoms with Crippen LogP contribution < -0.4 is 5.32 Å². The predicted octanol–water partition coefficient (Wildman–Crippen LogP) is 4.76. The Balaban J connectivity index is 1.86. The SMILES string of the molecule is Cc1ccc(NC(=O)c2cc3cc(Br)ccc3o2)cc1. The first kappa shape index (κ1) is 12.9. The Labute approximate surface area is 124 Å². The Hall–Kier alpha value is -2.07. The molecule has 4 heteroatoms. The van der Waals surface area contributed by atoms with Crippen LogP contribution in [0.1, 0.15) is 16.1 Å². The van der Waals surface area contributed by atoms with E-state index in [0.717, 1.165) is 21.1 Å². The average molecular weight is 330 g/mol. The molecule has 0 aliphatic heterocycles. The molecule has 1 aromatic heterocycles. The Morgan fingerprint density at radius 2 is 1.85 bits per heavy atom. The van der Waals surface area contributed by atoms with Crippen molar-refractivity contribution in [1.29, 1.82) is 0 Å². The smallest absolute Gasteiger partial charge is 0.291 e. The summed E-state index contributed by atoms with van der Waals surface area (Å²) in [6, 6.07) is 15.0.